The first-order chi connectivity index (χ1) is 6.20. The molecule has 5 heteroatoms. The van der Waals surface area contributed by atoms with Crippen LogP contribution in [0.3, 0.4) is 0 Å². The molecule has 0 bridgehead atoms. The Hall–Kier alpha value is -1.36. The second kappa shape index (κ2) is 4.04. The highest BCUT2D eigenvalue weighted by molar-refractivity contribution is 5.87. The molecule has 5 nitrogen and oxygen atoms in total. The van der Waals surface area contributed by atoms with Crippen molar-refractivity contribution in [3.05, 3.63) is 17.5 Å². The van der Waals surface area contributed by atoms with E-state index in [2.05, 4.69) is 5.10 Å². The fourth-order valence-corrected chi connectivity index (χ4v) is 1.17. The van der Waals surface area contributed by atoms with Gasteiger partial charge in [-0.1, -0.05) is 0 Å². The van der Waals surface area contributed by atoms with E-state index in [0.29, 0.717) is 12.1 Å². The molecule has 0 saturated heterocycles. The van der Waals surface area contributed by atoms with Crippen molar-refractivity contribution in [2.45, 2.75) is 20.1 Å². The van der Waals surface area contributed by atoms with Gasteiger partial charge >= 0.3 is 5.97 Å². The van der Waals surface area contributed by atoms with Gasteiger partial charge in [-0.2, -0.15) is 5.10 Å². The lowest BCUT2D eigenvalue weighted by molar-refractivity contribution is 0.0678. The molecule has 0 saturated carbocycles. The minimum atomic E-state index is -0.966. The fourth-order valence-electron chi connectivity index (χ4n) is 1.17. The number of aromatic carboxylic acids is 1. The van der Waals surface area contributed by atoms with Crippen molar-refractivity contribution >= 4 is 5.97 Å². The zero-order valence-corrected chi connectivity index (χ0v) is 7.65. The molecule has 0 atom stereocenters. The Morgan fingerprint density at radius 2 is 2.46 bits per heavy atom. The first kappa shape index (κ1) is 9.73. The van der Waals surface area contributed by atoms with Crippen LogP contribution in [-0.4, -0.2) is 28.0 Å². The van der Waals surface area contributed by atoms with E-state index in [0.717, 1.165) is 0 Å². The summed E-state index contributed by atoms with van der Waals surface area (Å²) in [4.78, 5) is 10.8. The maximum atomic E-state index is 10.8. The van der Waals surface area contributed by atoms with Gasteiger partial charge in [-0.3, -0.25) is 4.68 Å². The van der Waals surface area contributed by atoms with Crippen molar-refractivity contribution in [3.8, 4) is 0 Å². The first-order valence-corrected chi connectivity index (χ1v) is 3.97. The van der Waals surface area contributed by atoms with Crippen LogP contribution in [-0.2, 0) is 17.9 Å². The van der Waals surface area contributed by atoms with Crippen LogP contribution < -0.4 is 0 Å². The average Bonchev–Trinajstić information content (AvgIpc) is 2.48. The lowest BCUT2D eigenvalue weighted by atomic mass is 10.2. The maximum Gasteiger partial charge on any atom is 0.354 e. The molecule has 0 aromatic carbocycles. The number of carboxylic acids is 1. The molecule has 0 aliphatic heterocycles. The summed E-state index contributed by atoms with van der Waals surface area (Å²) >= 11 is 0. The maximum absolute atomic E-state index is 10.8. The SMILES string of the molecule is CCn1ncc(COC)c1C(=O)O. The van der Waals surface area contributed by atoms with Crippen molar-refractivity contribution in [1.82, 2.24) is 9.78 Å². The van der Waals surface area contributed by atoms with Crippen molar-refractivity contribution in [2.75, 3.05) is 7.11 Å². The number of carboxylic acid groups (broad SMARTS) is 1. The van der Waals surface area contributed by atoms with E-state index in [1.807, 2.05) is 6.92 Å². The minimum Gasteiger partial charge on any atom is -0.477 e. The van der Waals surface area contributed by atoms with Gasteiger partial charge in [-0.15, -0.1) is 0 Å². The summed E-state index contributed by atoms with van der Waals surface area (Å²) in [6.07, 6.45) is 1.52. The number of nitrogens with zero attached hydrogens (tertiary/aromatic N) is 2. The monoisotopic (exact) mass is 184 g/mol. The Bertz CT molecular complexity index is 306. The molecule has 72 valence electrons. The molecule has 0 aliphatic rings. The standard InChI is InChI=1S/C8H12N2O3/c1-3-10-7(8(11)12)6(4-9-10)5-13-2/h4H,3,5H2,1-2H3,(H,11,12). The predicted molar refractivity (Wildman–Crippen MR) is 45.6 cm³/mol. The lowest BCUT2D eigenvalue weighted by Crippen LogP contribution is -2.10. The van der Waals surface area contributed by atoms with Gasteiger partial charge in [-0.25, -0.2) is 4.79 Å². The van der Waals surface area contributed by atoms with Crippen LogP contribution in [0.15, 0.2) is 6.20 Å². The summed E-state index contributed by atoms with van der Waals surface area (Å²) in [5, 5.41) is 12.8. The van der Waals surface area contributed by atoms with Gasteiger partial charge < -0.3 is 9.84 Å². The molecule has 13 heavy (non-hydrogen) atoms. The highest BCUT2D eigenvalue weighted by Crippen LogP contribution is 2.09. The van der Waals surface area contributed by atoms with Crippen LogP contribution in [0, 0.1) is 0 Å². The van der Waals surface area contributed by atoms with E-state index in [-0.39, 0.29) is 12.3 Å². The summed E-state index contributed by atoms with van der Waals surface area (Å²) in [6.45, 7) is 2.67. The Morgan fingerprint density at radius 1 is 1.77 bits per heavy atom. The van der Waals surface area contributed by atoms with E-state index in [1.165, 1.54) is 18.0 Å². The molecule has 0 spiro atoms. The molecule has 1 aromatic heterocycles. The third-order valence-corrected chi connectivity index (χ3v) is 1.72. The Kier molecular flexibility index (Phi) is 3.02. The largest absolute Gasteiger partial charge is 0.477 e. The molecule has 1 heterocycles. The predicted octanol–water partition coefficient (Wildman–Crippen LogP) is 0.748. The number of ether oxygens (including phenoxy) is 1. The van der Waals surface area contributed by atoms with E-state index in [9.17, 15) is 4.79 Å². The fraction of sp³-hybridized carbons (Fsp3) is 0.500. The smallest absolute Gasteiger partial charge is 0.354 e. The van der Waals surface area contributed by atoms with Crippen LogP contribution in [0.5, 0.6) is 0 Å². The highest BCUT2D eigenvalue weighted by Gasteiger charge is 2.15. The molecule has 1 rings (SSSR count). The molecule has 0 amide bonds. The van der Waals surface area contributed by atoms with Crippen molar-refractivity contribution in [2.24, 2.45) is 0 Å². The van der Waals surface area contributed by atoms with Gasteiger partial charge in [0.15, 0.2) is 5.69 Å². The van der Waals surface area contributed by atoms with Gasteiger partial charge in [0.1, 0.15) is 0 Å². The van der Waals surface area contributed by atoms with E-state index < -0.39 is 5.97 Å². The minimum absolute atomic E-state index is 0.212. The van der Waals surface area contributed by atoms with Crippen LogP contribution in [0.4, 0.5) is 0 Å². The number of carbonyl (C=O) groups is 1. The second-order valence-corrected chi connectivity index (χ2v) is 2.57. The lowest BCUT2D eigenvalue weighted by Gasteiger charge is -2.01. The number of aromatic nitrogens is 2. The van der Waals surface area contributed by atoms with Gasteiger partial charge in [0.25, 0.3) is 0 Å². The molecule has 0 aliphatic carbocycles. The number of hydrogen-bond acceptors (Lipinski definition) is 3. The molecule has 1 aromatic rings. The molecule has 1 N–H and O–H groups in total. The molecule has 0 radical (unpaired) electrons. The second-order valence-electron chi connectivity index (χ2n) is 2.57. The van der Waals surface area contributed by atoms with Gasteiger partial charge in [-0.05, 0) is 6.92 Å². The summed E-state index contributed by atoms with van der Waals surface area (Å²) in [5.74, 6) is -0.966. The zero-order chi connectivity index (χ0) is 9.84. The highest BCUT2D eigenvalue weighted by atomic mass is 16.5. The zero-order valence-electron chi connectivity index (χ0n) is 7.65. The Balaban J connectivity index is 3.06. The van der Waals surface area contributed by atoms with Crippen molar-refractivity contribution in [3.63, 3.8) is 0 Å². The van der Waals surface area contributed by atoms with Gasteiger partial charge in [0, 0.05) is 19.2 Å². The van der Waals surface area contributed by atoms with Crippen LogP contribution in [0.1, 0.15) is 23.0 Å². The van der Waals surface area contributed by atoms with E-state index >= 15 is 0 Å². The van der Waals surface area contributed by atoms with Crippen molar-refractivity contribution in [1.29, 1.82) is 0 Å². The topological polar surface area (TPSA) is 64.4 Å². The van der Waals surface area contributed by atoms with E-state index in [4.69, 9.17) is 9.84 Å². The summed E-state index contributed by atoms with van der Waals surface area (Å²) in [6, 6.07) is 0. The Labute approximate surface area is 75.9 Å². The summed E-state index contributed by atoms with van der Waals surface area (Å²) in [7, 11) is 1.52. The van der Waals surface area contributed by atoms with Crippen molar-refractivity contribution < 1.29 is 14.6 Å². The quantitative estimate of drug-likeness (QED) is 0.749. The molecule has 0 fully saturated rings. The first-order valence-electron chi connectivity index (χ1n) is 3.97. The number of aryl methyl sites for hydroxylation is 1. The normalized spacial score (nSPS) is 10.3. The number of rotatable bonds is 4. The molecular weight excluding hydrogens is 172 g/mol. The van der Waals surface area contributed by atoms with Crippen LogP contribution in [0.2, 0.25) is 0 Å². The summed E-state index contributed by atoms with van der Waals surface area (Å²) < 4.78 is 6.30. The third-order valence-electron chi connectivity index (χ3n) is 1.72. The average molecular weight is 184 g/mol. The third kappa shape index (κ3) is 1.86. The van der Waals surface area contributed by atoms with E-state index in [1.54, 1.807) is 0 Å². The summed E-state index contributed by atoms with van der Waals surface area (Å²) in [5.41, 5.74) is 0.821. The molecular formula is C8H12N2O3. The Morgan fingerprint density at radius 3 is 2.92 bits per heavy atom. The number of methoxy groups -OCH3 is 1. The van der Waals surface area contributed by atoms with Gasteiger partial charge in [0.2, 0.25) is 0 Å². The van der Waals surface area contributed by atoms with Crippen LogP contribution in [0.25, 0.3) is 0 Å². The number of hydrogen-bond donors (Lipinski definition) is 1. The molecule has 0 unspecified atom stereocenters. The van der Waals surface area contributed by atoms with Crippen LogP contribution >= 0.6 is 0 Å². The van der Waals surface area contributed by atoms with Gasteiger partial charge in [0.05, 0.1) is 12.8 Å².